The number of halogens is 1. The van der Waals surface area contributed by atoms with Gasteiger partial charge in [-0.05, 0) is 0 Å². The van der Waals surface area contributed by atoms with Crippen LogP contribution in [0.25, 0.3) is 0 Å². The van der Waals surface area contributed by atoms with Crippen LogP contribution in [0.1, 0.15) is 0 Å². The molecule has 5 heteroatoms. The zero-order valence-electron chi connectivity index (χ0n) is 4.22. The Bertz CT molecular complexity index is 86.6. The highest BCUT2D eigenvalue weighted by molar-refractivity contribution is 6.29. The number of carboxylic acid groups (broad SMARTS) is 1. The van der Waals surface area contributed by atoms with Gasteiger partial charge in [0.1, 0.15) is 0 Å². The third kappa shape index (κ3) is 2.79. The average molecular weight is 140 g/mol. The molecule has 0 radical (unpaired) electrons. The molecule has 4 nitrogen and oxygen atoms in total. The Hall–Kier alpha value is -0.320. The summed E-state index contributed by atoms with van der Waals surface area (Å²) in [6, 6.07) is 0. The Labute approximate surface area is 51.3 Å². The smallest absolute Gasteiger partial charge is 0.338 e. The number of carboxylic acids is 1. The van der Waals surface area contributed by atoms with Crippen LogP contribution in [-0.4, -0.2) is 23.7 Å². The molecule has 1 atom stereocenters. The molecule has 1 unspecified atom stereocenters. The van der Waals surface area contributed by atoms with Gasteiger partial charge in [-0.3, -0.25) is 0 Å². The van der Waals surface area contributed by atoms with E-state index in [1.165, 1.54) is 7.11 Å². The molecule has 8 heavy (non-hydrogen) atoms. The van der Waals surface area contributed by atoms with Gasteiger partial charge in [-0.1, -0.05) is 11.6 Å². The lowest BCUT2D eigenvalue weighted by Crippen LogP contribution is -2.30. The quantitative estimate of drug-likeness (QED) is 0.323. The molecule has 0 bridgehead atoms. The SMILES string of the molecule is CONC(Cl)C(=O)O. The number of hydrogen-bond donors (Lipinski definition) is 2. The van der Waals surface area contributed by atoms with Crippen molar-refractivity contribution in [2.75, 3.05) is 7.11 Å². The van der Waals surface area contributed by atoms with Crippen molar-refractivity contribution in [3.8, 4) is 0 Å². The number of aliphatic carboxylic acids is 1. The average Bonchev–Trinajstić information content (AvgIpc) is 1.67. The summed E-state index contributed by atoms with van der Waals surface area (Å²) < 4.78 is 0. The molecule has 0 heterocycles. The number of hydroxylamine groups is 1. The number of hydrogen-bond acceptors (Lipinski definition) is 3. The minimum absolute atomic E-state index is 1.16. The maximum absolute atomic E-state index is 9.81. The van der Waals surface area contributed by atoms with Crippen LogP contribution in [0.2, 0.25) is 0 Å². The van der Waals surface area contributed by atoms with Gasteiger partial charge in [0.2, 0.25) is 5.50 Å². The Kier molecular flexibility index (Phi) is 3.51. The summed E-state index contributed by atoms with van der Waals surface area (Å²) in [6.07, 6.45) is 0. The fraction of sp³-hybridized carbons (Fsp3) is 0.667. The molecule has 48 valence electrons. The van der Waals surface area contributed by atoms with E-state index in [4.69, 9.17) is 16.7 Å². The van der Waals surface area contributed by atoms with Crippen LogP contribution in [0, 0.1) is 0 Å². The van der Waals surface area contributed by atoms with Crippen molar-refractivity contribution in [2.45, 2.75) is 5.50 Å². The molecule has 0 aromatic heterocycles. The van der Waals surface area contributed by atoms with Crippen LogP contribution in [0.4, 0.5) is 0 Å². The van der Waals surface area contributed by atoms with Gasteiger partial charge >= 0.3 is 5.97 Å². The van der Waals surface area contributed by atoms with Crippen molar-refractivity contribution in [1.29, 1.82) is 0 Å². The van der Waals surface area contributed by atoms with E-state index in [9.17, 15) is 4.79 Å². The van der Waals surface area contributed by atoms with Gasteiger partial charge in [0.25, 0.3) is 0 Å². The Morgan fingerprint density at radius 3 is 2.62 bits per heavy atom. The second-order valence-electron chi connectivity index (χ2n) is 1.02. The Morgan fingerprint density at radius 2 is 2.50 bits per heavy atom. The fourth-order valence-corrected chi connectivity index (χ4v) is 0.243. The van der Waals surface area contributed by atoms with E-state index >= 15 is 0 Å². The van der Waals surface area contributed by atoms with E-state index in [1.54, 1.807) is 0 Å². The van der Waals surface area contributed by atoms with Gasteiger partial charge < -0.3 is 9.94 Å². The fourth-order valence-electron chi connectivity index (χ4n) is 0.154. The number of nitrogens with one attached hydrogen (secondary N) is 1. The van der Waals surface area contributed by atoms with Crippen LogP contribution in [-0.2, 0) is 9.63 Å². The maximum Gasteiger partial charge on any atom is 0.338 e. The van der Waals surface area contributed by atoms with Gasteiger partial charge in [-0.15, -0.1) is 0 Å². The Morgan fingerprint density at radius 1 is 2.00 bits per heavy atom. The number of carbonyl (C=O) groups is 1. The summed E-state index contributed by atoms with van der Waals surface area (Å²) in [5.74, 6) is -1.16. The van der Waals surface area contributed by atoms with Crippen LogP contribution in [0.3, 0.4) is 0 Å². The van der Waals surface area contributed by atoms with Crippen LogP contribution in [0.5, 0.6) is 0 Å². The van der Waals surface area contributed by atoms with Crippen molar-refractivity contribution in [2.24, 2.45) is 0 Å². The summed E-state index contributed by atoms with van der Waals surface area (Å²) in [7, 11) is 1.29. The van der Waals surface area contributed by atoms with E-state index in [1.807, 2.05) is 5.48 Å². The topological polar surface area (TPSA) is 58.6 Å². The van der Waals surface area contributed by atoms with Gasteiger partial charge in [-0.25, -0.2) is 4.79 Å². The van der Waals surface area contributed by atoms with Gasteiger partial charge in [0.05, 0.1) is 7.11 Å². The monoisotopic (exact) mass is 139 g/mol. The van der Waals surface area contributed by atoms with E-state index in [0.717, 1.165) is 0 Å². The molecule has 0 fully saturated rings. The molecule has 0 rings (SSSR count). The summed E-state index contributed by atoms with van der Waals surface area (Å²) in [5, 5.41) is 8.04. The summed E-state index contributed by atoms with van der Waals surface area (Å²) in [4.78, 5) is 14.0. The summed E-state index contributed by atoms with van der Waals surface area (Å²) in [6.45, 7) is 0. The van der Waals surface area contributed by atoms with Crippen LogP contribution >= 0.6 is 11.6 Å². The standard InChI is InChI=1S/C3H6ClNO3/c1-8-5-2(4)3(6)7/h2,5H,1H3,(H,6,7). The molecule has 0 amide bonds. The lowest BCUT2D eigenvalue weighted by atomic mass is 10.7. The summed E-state index contributed by atoms with van der Waals surface area (Å²) in [5.41, 5.74) is 0.844. The molecule has 0 aliphatic heterocycles. The first-order valence-corrected chi connectivity index (χ1v) is 2.27. The second kappa shape index (κ2) is 3.65. The highest BCUT2D eigenvalue weighted by Gasteiger charge is 2.10. The van der Waals surface area contributed by atoms with Gasteiger partial charge in [0, 0.05) is 0 Å². The summed E-state index contributed by atoms with van der Waals surface area (Å²) >= 11 is 5.08. The van der Waals surface area contributed by atoms with Gasteiger partial charge in [-0.2, -0.15) is 5.48 Å². The van der Waals surface area contributed by atoms with Crippen molar-refractivity contribution < 1.29 is 14.7 Å². The molecule has 2 N–H and O–H groups in total. The molecule has 0 aliphatic carbocycles. The van der Waals surface area contributed by atoms with Crippen molar-refractivity contribution >= 4 is 17.6 Å². The molecule has 0 aromatic rings. The third-order valence-corrected chi connectivity index (χ3v) is 0.714. The zero-order chi connectivity index (χ0) is 6.57. The molecule has 0 saturated carbocycles. The number of alkyl halides is 1. The lowest BCUT2D eigenvalue weighted by molar-refractivity contribution is -0.140. The van der Waals surface area contributed by atoms with E-state index in [0.29, 0.717) is 0 Å². The zero-order valence-corrected chi connectivity index (χ0v) is 4.97. The highest BCUT2D eigenvalue weighted by atomic mass is 35.5. The van der Waals surface area contributed by atoms with Crippen LogP contribution in [0.15, 0.2) is 0 Å². The van der Waals surface area contributed by atoms with Crippen LogP contribution < -0.4 is 5.48 Å². The molecule has 0 spiro atoms. The first-order valence-electron chi connectivity index (χ1n) is 1.84. The first kappa shape index (κ1) is 7.68. The van der Waals surface area contributed by atoms with Crippen molar-refractivity contribution in [3.05, 3.63) is 0 Å². The predicted octanol–water partition coefficient (Wildman–Crippen LogP) is -0.213. The number of rotatable bonds is 3. The van der Waals surface area contributed by atoms with Crippen molar-refractivity contribution in [1.82, 2.24) is 5.48 Å². The molecule has 0 aromatic carbocycles. The Balaban J connectivity index is 3.32. The first-order chi connectivity index (χ1) is 3.68. The third-order valence-electron chi connectivity index (χ3n) is 0.438. The largest absolute Gasteiger partial charge is 0.479 e. The lowest BCUT2D eigenvalue weighted by Gasteiger charge is -2.01. The minimum Gasteiger partial charge on any atom is -0.479 e. The second-order valence-corrected chi connectivity index (χ2v) is 1.46. The maximum atomic E-state index is 9.81. The molecular weight excluding hydrogens is 133 g/mol. The van der Waals surface area contributed by atoms with Crippen molar-refractivity contribution in [3.63, 3.8) is 0 Å². The molecular formula is C3H6ClNO3. The van der Waals surface area contributed by atoms with E-state index in [-0.39, 0.29) is 0 Å². The van der Waals surface area contributed by atoms with E-state index < -0.39 is 11.5 Å². The van der Waals surface area contributed by atoms with Gasteiger partial charge in [0.15, 0.2) is 0 Å². The molecule has 0 saturated heterocycles. The normalized spacial score (nSPS) is 13.2. The molecule has 0 aliphatic rings. The highest BCUT2D eigenvalue weighted by Crippen LogP contribution is 1.87. The minimum atomic E-state index is -1.17. The van der Waals surface area contributed by atoms with E-state index in [2.05, 4.69) is 4.84 Å². The predicted molar refractivity (Wildman–Crippen MR) is 27.4 cm³/mol.